The summed E-state index contributed by atoms with van der Waals surface area (Å²) in [4.78, 5) is 8.55. The van der Waals surface area contributed by atoms with E-state index >= 15 is 0 Å². The maximum Gasteiger partial charge on any atom is 0.238 e. The van der Waals surface area contributed by atoms with Crippen LogP contribution in [0.25, 0.3) is 0 Å². The maximum atomic E-state index is 5.67. The SMILES string of the molecule is CCCNCc1cncc(Oc2cccc(Br)c2)n1. The minimum atomic E-state index is 0.508. The summed E-state index contributed by atoms with van der Waals surface area (Å²) >= 11 is 3.41. The van der Waals surface area contributed by atoms with Gasteiger partial charge in [0.2, 0.25) is 5.88 Å². The monoisotopic (exact) mass is 321 g/mol. The van der Waals surface area contributed by atoms with Crippen molar-refractivity contribution >= 4 is 15.9 Å². The molecule has 0 aliphatic heterocycles. The van der Waals surface area contributed by atoms with E-state index in [2.05, 4.69) is 38.1 Å². The van der Waals surface area contributed by atoms with Gasteiger partial charge in [0.1, 0.15) is 5.75 Å². The van der Waals surface area contributed by atoms with Crippen molar-refractivity contribution in [3.63, 3.8) is 0 Å². The van der Waals surface area contributed by atoms with Gasteiger partial charge in [-0.15, -0.1) is 0 Å². The Bertz CT molecular complexity index is 534. The van der Waals surface area contributed by atoms with E-state index in [1.54, 1.807) is 12.4 Å². The van der Waals surface area contributed by atoms with Crippen LogP contribution < -0.4 is 10.1 Å². The van der Waals surface area contributed by atoms with Crippen LogP contribution in [0.2, 0.25) is 0 Å². The lowest BCUT2D eigenvalue weighted by Gasteiger charge is -2.07. The van der Waals surface area contributed by atoms with Crippen molar-refractivity contribution in [1.82, 2.24) is 15.3 Å². The van der Waals surface area contributed by atoms with Gasteiger partial charge in [0.25, 0.3) is 0 Å². The van der Waals surface area contributed by atoms with Crippen molar-refractivity contribution in [3.8, 4) is 11.6 Å². The van der Waals surface area contributed by atoms with Gasteiger partial charge in [-0.1, -0.05) is 28.9 Å². The molecular weight excluding hydrogens is 306 g/mol. The highest BCUT2D eigenvalue weighted by atomic mass is 79.9. The molecule has 0 amide bonds. The van der Waals surface area contributed by atoms with Crippen LogP contribution in [-0.2, 0) is 6.54 Å². The van der Waals surface area contributed by atoms with Crippen molar-refractivity contribution in [2.24, 2.45) is 0 Å². The summed E-state index contributed by atoms with van der Waals surface area (Å²) in [7, 11) is 0. The van der Waals surface area contributed by atoms with Gasteiger partial charge in [-0.3, -0.25) is 4.98 Å². The van der Waals surface area contributed by atoms with E-state index in [1.165, 1.54) is 0 Å². The number of aromatic nitrogens is 2. The fourth-order valence-electron chi connectivity index (χ4n) is 1.57. The fraction of sp³-hybridized carbons (Fsp3) is 0.286. The molecule has 4 nitrogen and oxygen atoms in total. The number of halogens is 1. The molecule has 19 heavy (non-hydrogen) atoms. The van der Waals surface area contributed by atoms with E-state index in [9.17, 15) is 0 Å². The van der Waals surface area contributed by atoms with Crippen LogP contribution in [-0.4, -0.2) is 16.5 Å². The van der Waals surface area contributed by atoms with Gasteiger partial charge in [0, 0.05) is 17.2 Å². The largest absolute Gasteiger partial charge is 0.437 e. The Kier molecular flexibility index (Phi) is 5.30. The molecule has 0 saturated heterocycles. The third-order valence-corrected chi connectivity index (χ3v) is 2.91. The Morgan fingerprint density at radius 2 is 2.21 bits per heavy atom. The number of hydrogen-bond donors (Lipinski definition) is 1. The van der Waals surface area contributed by atoms with Gasteiger partial charge in [0.05, 0.1) is 11.9 Å². The smallest absolute Gasteiger partial charge is 0.238 e. The zero-order chi connectivity index (χ0) is 13.5. The Morgan fingerprint density at radius 1 is 1.32 bits per heavy atom. The first-order valence-corrected chi connectivity index (χ1v) is 7.02. The minimum absolute atomic E-state index is 0.508. The van der Waals surface area contributed by atoms with E-state index in [4.69, 9.17) is 4.74 Å². The summed E-state index contributed by atoms with van der Waals surface area (Å²) in [6.45, 7) is 3.81. The summed E-state index contributed by atoms with van der Waals surface area (Å²) in [6, 6.07) is 7.64. The lowest BCUT2D eigenvalue weighted by Crippen LogP contribution is -2.15. The number of rotatable bonds is 6. The number of nitrogens with zero attached hydrogens (tertiary/aromatic N) is 2. The molecule has 0 bridgehead atoms. The Balaban J connectivity index is 2.02. The summed E-state index contributed by atoms with van der Waals surface area (Å²) in [5.74, 6) is 1.25. The standard InChI is InChI=1S/C14H16BrN3O/c1-2-6-16-8-12-9-17-10-14(18-12)19-13-5-3-4-11(15)7-13/h3-5,7,9-10,16H,2,6,8H2,1H3. The van der Waals surface area contributed by atoms with Crippen LogP contribution >= 0.6 is 15.9 Å². The third kappa shape index (κ3) is 4.61. The van der Waals surface area contributed by atoms with Crippen LogP contribution in [0.15, 0.2) is 41.1 Å². The Labute approximate surface area is 121 Å². The topological polar surface area (TPSA) is 47.0 Å². The van der Waals surface area contributed by atoms with E-state index in [0.29, 0.717) is 12.4 Å². The second-order valence-corrected chi connectivity index (χ2v) is 5.00. The zero-order valence-corrected chi connectivity index (χ0v) is 12.4. The molecule has 0 aliphatic rings. The molecule has 2 rings (SSSR count). The molecule has 100 valence electrons. The van der Waals surface area contributed by atoms with Crippen molar-refractivity contribution < 1.29 is 4.74 Å². The van der Waals surface area contributed by atoms with Crippen molar-refractivity contribution in [2.45, 2.75) is 19.9 Å². The summed E-state index contributed by atoms with van der Waals surface area (Å²) < 4.78 is 6.65. The van der Waals surface area contributed by atoms with Gasteiger partial charge in [-0.05, 0) is 31.2 Å². The lowest BCUT2D eigenvalue weighted by atomic mass is 10.3. The van der Waals surface area contributed by atoms with E-state index in [1.807, 2.05) is 24.3 Å². The molecular formula is C14H16BrN3O. The van der Waals surface area contributed by atoms with Gasteiger partial charge in [0.15, 0.2) is 0 Å². The summed E-state index contributed by atoms with van der Waals surface area (Å²) in [6.07, 6.45) is 4.46. The van der Waals surface area contributed by atoms with Crippen LogP contribution in [0, 0.1) is 0 Å². The van der Waals surface area contributed by atoms with E-state index < -0.39 is 0 Å². The first-order chi connectivity index (χ1) is 9.28. The van der Waals surface area contributed by atoms with E-state index in [0.717, 1.165) is 28.9 Å². The van der Waals surface area contributed by atoms with Crippen molar-refractivity contribution in [3.05, 3.63) is 46.8 Å². The third-order valence-electron chi connectivity index (χ3n) is 2.41. The van der Waals surface area contributed by atoms with Crippen molar-refractivity contribution in [2.75, 3.05) is 6.54 Å². The molecule has 1 heterocycles. The van der Waals surface area contributed by atoms with Gasteiger partial charge < -0.3 is 10.1 Å². The average Bonchev–Trinajstić information content (AvgIpc) is 2.39. The second kappa shape index (κ2) is 7.21. The normalized spacial score (nSPS) is 10.4. The molecule has 1 N–H and O–H groups in total. The molecule has 0 unspecified atom stereocenters. The molecule has 0 spiro atoms. The first-order valence-electron chi connectivity index (χ1n) is 6.23. The summed E-state index contributed by atoms with van der Waals surface area (Å²) in [5, 5.41) is 3.29. The predicted molar refractivity (Wildman–Crippen MR) is 78.2 cm³/mol. The lowest BCUT2D eigenvalue weighted by molar-refractivity contribution is 0.456. The predicted octanol–water partition coefficient (Wildman–Crippen LogP) is 3.53. The molecule has 5 heteroatoms. The number of ether oxygens (including phenoxy) is 1. The Morgan fingerprint density at radius 3 is 3.00 bits per heavy atom. The van der Waals surface area contributed by atoms with Gasteiger partial charge >= 0.3 is 0 Å². The molecule has 0 aliphatic carbocycles. The molecule has 0 saturated carbocycles. The van der Waals surface area contributed by atoms with Crippen LogP contribution in [0.5, 0.6) is 11.6 Å². The average molecular weight is 322 g/mol. The molecule has 0 fully saturated rings. The van der Waals surface area contributed by atoms with Crippen LogP contribution in [0.3, 0.4) is 0 Å². The zero-order valence-electron chi connectivity index (χ0n) is 10.8. The quantitative estimate of drug-likeness (QED) is 0.827. The highest BCUT2D eigenvalue weighted by molar-refractivity contribution is 9.10. The van der Waals surface area contributed by atoms with Crippen LogP contribution in [0.1, 0.15) is 19.0 Å². The first kappa shape index (κ1) is 14.0. The molecule has 0 radical (unpaired) electrons. The highest BCUT2D eigenvalue weighted by Crippen LogP contribution is 2.22. The fourth-order valence-corrected chi connectivity index (χ4v) is 1.94. The number of benzene rings is 1. The van der Waals surface area contributed by atoms with Gasteiger partial charge in [-0.2, -0.15) is 0 Å². The van der Waals surface area contributed by atoms with Crippen molar-refractivity contribution in [1.29, 1.82) is 0 Å². The maximum absolute atomic E-state index is 5.67. The van der Waals surface area contributed by atoms with Gasteiger partial charge in [-0.25, -0.2) is 4.98 Å². The minimum Gasteiger partial charge on any atom is -0.437 e. The number of hydrogen-bond acceptors (Lipinski definition) is 4. The molecule has 2 aromatic rings. The molecule has 1 aromatic carbocycles. The summed E-state index contributed by atoms with van der Waals surface area (Å²) in [5.41, 5.74) is 0.876. The Hall–Kier alpha value is -1.46. The molecule has 0 atom stereocenters. The molecule has 1 aromatic heterocycles. The number of nitrogens with one attached hydrogen (secondary N) is 1. The van der Waals surface area contributed by atoms with Crippen LogP contribution in [0.4, 0.5) is 0 Å². The van der Waals surface area contributed by atoms with E-state index in [-0.39, 0.29) is 0 Å². The second-order valence-electron chi connectivity index (χ2n) is 4.08. The highest BCUT2D eigenvalue weighted by Gasteiger charge is 2.02.